The van der Waals surface area contributed by atoms with E-state index in [4.69, 9.17) is 0 Å². The van der Waals surface area contributed by atoms with Gasteiger partial charge < -0.3 is 5.32 Å². The van der Waals surface area contributed by atoms with Crippen molar-refractivity contribution < 1.29 is 13.2 Å². The molecule has 1 amide bonds. The number of anilines is 1. The number of hydrogen-bond donors (Lipinski definition) is 1. The van der Waals surface area contributed by atoms with Gasteiger partial charge in [-0.05, 0) is 48.6 Å². The molecule has 0 bridgehead atoms. The molecule has 0 aliphatic rings. The van der Waals surface area contributed by atoms with E-state index in [1.54, 1.807) is 36.0 Å². The molecule has 0 aromatic heterocycles. The molecule has 2 aromatic rings. The monoisotopic (exact) mass is 456 g/mol. The minimum Gasteiger partial charge on any atom is -0.354 e. The maximum absolute atomic E-state index is 12.1. The molecule has 140 valence electrons. The maximum atomic E-state index is 12.1. The van der Waals surface area contributed by atoms with Crippen molar-refractivity contribution in [3.63, 3.8) is 0 Å². The molecule has 1 N–H and O–H groups in total. The number of hydrogen-bond acceptors (Lipinski definition) is 4. The third-order valence-electron chi connectivity index (χ3n) is 3.46. The number of sulfonamides is 1. The zero-order valence-corrected chi connectivity index (χ0v) is 17.6. The molecule has 0 saturated heterocycles. The highest BCUT2D eigenvalue weighted by molar-refractivity contribution is 9.10. The molecule has 26 heavy (non-hydrogen) atoms. The number of benzene rings is 2. The zero-order chi connectivity index (χ0) is 19.0. The molecule has 2 aromatic carbocycles. The average molecular weight is 457 g/mol. The molecule has 0 unspecified atom stereocenters. The molecule has 0 aliphatic carbocycles. The Balaban J connectivity index is 1.81. The molecule has 8 heteroatoms. The number of rotatable bonds is 9. The van der Waals surface area contributed by atoms with Crippen LogP contribution in [0.1, 0.15) is 6.42 Å². The van der Waals surface area contributed by atoms with Crippen molar-refractivity contribution in [1.82, 2.24) is 5.32 Å². The Bertz CT molecular complexity index is 812. The molecular formula is C18H21BrN2O3S2. The fourth-order valence-corrected chi connectivity index (χ4v) is 4.20. The standard InChI is InChI=1S/C18H21BrN2O3S2/c1-26(23,24)21(16-10-8-15(19)9-11-16)14-18(22)20-12-5-13-25-17-6-3-2-4-7-17/h2-4,6-11H,5,12-14H2,1H3,(H,20,22). The summed E-state index contributed by atoms with van der Waals surface area (Å²) in [6.45, 7) is 0.281. The smallest absolute Gasteiger partial charge is 0.240 e. The van der Waals surface area contributed by atoms with Gasteiger partial charge in [0.05, 0.1) is 11.9 Å². The van der Waals surface area contributed by atoms with Gasteiger partial charge in [0.15, 0.2) is 0 Å². The van der Waals surface area contributed by atoms with E-state index in [2.05, 4.69) is 21.2 Å². The third-order valence-corrected chi connectivity index (χ3v) is 6.22. The summed E-state index contributed by atoms with van der Waals surface area (Å²) in [5.74, 6) is 0.565. The van der Waals surface area contributed by atoms with E-state index < -0.39 is 10.0 Å². The van der Waals surface area contributed by atoms with Crippen molar-refractivity contribution in [2.45, 2.75) is 11.3 Å². The van der Waals surface area contributed by atoms with E-state index in [0.717, 1.165) is 27.2 Å². The van der Waals surface area contributed by atoms with Crippen LogP contribution in [0.15, 0.2) is 64.0 Å². The Morgan fingerprint density at radius 3 is 2.38 bits per heavy atom. The summed E-state index contributed by atoms with van der Waals surface area (Å²) >= 11 is 5.04. The van der Waals surface area contributed by atoms with E-state index in [9.17, 15) is 13.2 Å². The molecule has 5 nitrogen and oxygen atoms in total. The van der Waals surface area contributed by atoms with E-state index >= 15 is 0 Å². The van der Waals surface area contributed by atoms with Gasteiger partial charge in [-0.15, -0.1) is 11.8 Å². The van der Waals surface area contributed by atoms with Crippen LogP contribution in [-0.4, -0.2) is 39.4 Å². The van der Waals surface area contributed by atoms with Crippen LogP contribution >= 0.6 is 27.7 Å². The topological polar surface area (TPSA) is 66.5 Å². The highest BCUT2D eigenvalue weighted by atomic mass is 79.9. The van der Waals surface area contributed by atoms with Crippen molar-refractivity contribution in [3.8, 4) is 0 Å². The molecule has 0 radical (unpaired) electrons. The Morgan fingerprint density at radius 2 is 1.77 bits per heavy atom. The SMILES string of the molecule is CS(=O)(=O)N(CC(=O)NCCCSc1ccccc1)c1ccc(Br)cc1. The third kappa shape index (κ3) is 7.01. The summed E-state index contributed by atoms with van der Waals surface area (Å²) in [6, 6.07) is 16.9. The van der Waals surface area contributed by atoms with Crippen molar-refractivity contribution in [2.24, 2.45) is 0 Å². The summed E-state index contributed by atoms with van der Waals surface area (Å²) in [4.78, 5) is 13.3. The summed E-state index contributed by atoms with van der Waals surface area (Å²) in [7, 11) is -3.54. The van der Waals surface area contributed by atoms with Gasteiger partial charge in [-0.3, -0.25) is 9.10 Å². The number of thioether (sulfide) groups is 1. The normalized spacial score (nSPS) is 11.2. The number of carbonyl (C=O) groups excluding carboxylic acids is 1. The van der Waals surface area contributed by atoms with Crippen LogP contribution in [0.3, 0.4) is 0 Å². The number of amides is 1. The zero-order valence-electron chi connectivity index (χ0n) is 14.4. The van der Waals surface area contributed by atoms with Gasteiger partial charge >= 0.3 is 0 Å². The number of nitrogens with one attached hydrogen (secondary N) is 1. The maximum Gasteiger partial charge on any atom is 0.240 e. The molecule has 2 rings (SSSR count). The van der Waals surface area contributed by atoms with Crippen LogP contribution in [0, 0.1) is 0 Å². The fraction of sp³-hybridized carbons (Fsp3) is 0.278. The second-order valence-electron chi connectivity index (χ2n) is 5.61. The lowest BCUT2D eigenvalue weighted by Crippen LogP contribution is -2.40. The van der Waals surface area contributed by atoms with E-state index in [0.29, 0.717) is 12.2 Å². The molecule has 0 atom stereocenters. The first-order valence-electron chi connectivity index (χ1n) is 8.04. The van der Waals surface area contributed by atoms with Gasteiger partial charge in [-0.25, -0.2) is 8.42 Å². The minimum atomic E-state index is -3.54. The van der Waals surface area contributed by atoms with Crippen LogP contribution in [-0.2, 0) is 14.8 Å². The van der Waals surface area contributed by atoms with Crippen LogP contribution in [0.5, 0.6) is 0 Å². The molecule has 0 heterocycles. The first kappa shape index (κ1) is 20.8. The summed E-state index contributed by atoms with van der Waals surface area (Å²) in [5, 5.41) is 2.79. The summed E-state index contributed by atoms with van der Waals surface area (Å²) in [6.07, 6.45) is 1.90. The number of carbonyl (C=O) groups is 1. The van der Waals surface area contributed by atoms with Crippen LogP contribution < -0.4 is 9.62 Å². The van der Waals surface area contributed by atoms with Gasteiger partial charge in [0.2, 0.25) is 15.9 Å². The highest BCUT2D eigenvalue weighted by Gasteiger charge is 2.20. The Hall–Kier alpha value is -1.51. The first-order valence-corrected chi connectivity index (χ1v) is 11.7. The molecule has 0 fully saturated rings. The lowest BCUT2D eigenvalue weighted by Gasteiger charge is -2.22. The molecular weight excluding hydrogens is 436 g/mol. The van der Waals surface area contributed by atoms with Gasteiger partial charge in [-0.2, -0.15) is 0 Å². The predicted octanol–water partition coefficient (Wildman–Crippen LogP) is 3.51. The largest absolute Gasteiger partial charge is 0.354 e. The van der Waals surface area contributed by atoms with Crippen molar-refractivity contribution in [1.29, 1.82) is 0 Å². The summed E-state index contributed by atoms with van der Waals surface area (Å²) in [5.41, 5.74) is 0.463. The molecule has 0 aliphatic heterocycles. The van der Waals surface area contributed by atoms with Gasteiger partial charge in [0, 0.05) is 15.9 Å². The average Bonchev–Trinajstić information content (AvgIpc) is 2.60. The number of nitrogens with zero attached hydrogens (tertiary/aromatic N) is 1. The second-order valence-corrected chi connectivity index (χ2v) is 9.60. The van der Waals surface area contributed by atoms with E-state index in [1.807, 2.05) is 30.3 Å². The lowest BCUT2D eigenvalue weighted by atomic mass is 10.3. The molecule has 0 saturated carbocycles. The quantitative estimate of drug-likeness (QED) is 0.462. The minimum absolute atomic E-state index is 0.230. The molecule has 0 spiro atoms. The number of halogens is 1. The van der Waals surface area contributed by atoms with Gasteiger partial charge in [0.25, 0.3) is 0 Å². The second kappa shape index (κ2) is 9.99. The van der Waals surface area contributed by atoms with Crippen LogP contribution in [0.25, 0.3) is 0 Å². The highest BCUT2D eigenvalue weighted by Crippen LogP contribution is 2.20. The van der Waals surface area contributed by atoms with Crippen molar-refractivity contribution in [2.75, 3.05) is 29.4 Å². The first-order chi connectivity index (χ1) is 12.4. The Kier molecular flexibility index (Phi) is 7.99. The van der Waals surface area contributed by atoms with Crippen LogP contribution in [0.4, 0.5) is 5.69 Å². The van der Waals surface area contributed by atoms with Crippen molar-refractivity contribution in [3.05, 3.63) is 59.1 Å². The predicted molar refractivity (Wildman–Crippen MR) is 111 cm³/mol. The Labute approximate surface area is 167 Å². The summed E-state index contributed by atoms with van der Waals surface area (Å²) < 4.78 is 26.0. The lowest BCUT2D eigenvalue weighted by molar-refractivity contribution is -0.119. The van der Waals surface area contributed by atoms with E-state index in [-0.39, 0.29) is 12.5 Å². The Morgan fingerprint density at radius 1 is 1.12 bits per heavy atom. The van der Waals surface area contributed by atoms with E-state index in [1.165, 1.54) is 4.90 Å². The van der Waals surface area contributed by atoms with Gasteiger partial charge in [0.1, 0.15) is 6.54 Å². The van der Waals surface area contributed by atoms with Crippen LogP contribution in [0.2, 0.25) is 0 Å². The fourth-order valence-electron chi connectivity index (χ4n) is 2.20. The van der Waals surface area contributed by atoms with Crippen molar-refractivity contribution >= 4 is 49.3 Å². The van der Waals surface area contributed by atoms with Gasteiger partial charge in [-0.1, -0.05) is 34.1 Å².